The Morgan fingerprint density at radius 2 is 1.62 bits per heavy atom. The van der Waals surface area contributed by atoms with Crippen molar-refractivity contribution in [1.82, 2.24) is 23.9 Å². The van der Waals surface area contributed by atoms with Crippen molar-refractivity contribution in [2.45, 2.75) is 0 Å². The highest BCUT2D eigenvalue weighted by molar-refractivity contribution is 5.67. The van der Waals surface area contributed by atoms with Crippen LogP contribution in [-0.4, -0.2) is 23.9 Å². The van der Waals surface area contributed by atoms with Crippen LogP contribution in [0.1, 0.15) is 0 Å². The SMILES string of the molecule is Cn1nc2c(nc1=O)c(=O)n(C)c(=O)n2C. The van der Waals surface area contributed by atoms with Crippen molar-refractivity contribution in [2.75, 3.05) is 0 Å². The summed E-state index contributed by atoms with van der Waals surface area (Å²) in [7, 11) is 4.18. The van der Waals surface area contributed by atoms with Gasteiger partial charge in [0, 0.05) is 21.1 Å². The van der Waals surface area contributed by atoms with Crippen LogP contribution in [0.4, 0.5) is 0 Å². The predicted octanol–water partition coefficient (Wildman–Crippen LogP) is -2.27. The van der Waals surface area contributed by atoms with Gasteiger partial charge in [0.15, 0.2) is 11.2 Å². The fourth-order valence-corrected chi connectivity index (χ4v) is 1.38. The van der Waals surface area contributed by atoms with E-state index in [0.717, 1.165) is 9.25 Å². The van der Waals surface area contributed by atoms with Crippen molar-refractivity contribution in [1.29, 1.82) is 0 Å². The molecule has 2 aromatic rings. The number of rotatable bonds is 0. The Morgan fingerprint density at radius 3 is 2.25 bits per heavy atom. The Kier molecular flexibility index (Phi) is 2.00. The second kappa shape index (κ2) is 3.12. The molecular weight excluding hydrogens is 214 g/mol. The first kappa shape index (κ1) is 10.3. The highest BCUT2D eigenvalue weighted by atomic mass is 16.2. The van der Waals surface area contributed by atoms with Crippen LogP contribution in [0.5, 0.6) is 0 Å². The number of aromatic nitrogens is 5. The van der Waals surface area contributed by atoms with Crippen LogP contribution in [0.25, 0.3) is 11.2 Å². The maximum absolute atomic E-state index is 11.7. The van der Waals surface area contributed by atoms with Gasteiger partial charge in [-0.3, -0.25) is 13.9 Å². The second-order valence-corrected chi connectivity index (χ2v) is 3.40. The molecule has 2 aromatic heterocycles. The quantitative estimate of drug-likeness (QED) is 0.502. The van der Waals surface area contributed by atoms with Crippen molar-refractivity contribution in [3.63, 3.8) is 0 Å². The lowest BCUT2D eigenvalue weighted by molar-refractivity contribution is 0.647. The Balaban J connectivity index is 3.22. The van der Waals surface area contributed by atoms with Crippen molar-refractivity contribution in [3.05, 3.63) is 31.3 Å². The van der Waals surface area contributed by atoms with Gasteiger partial charge in [0.25, 0.3) is 5.56 Å². The summed E-state index contributed by atoms with van der Waals surface area (Å²) in [5.74, 6) is 0. The maximum atomic E-state index is 11.7. The van der Waals surface area contributed by atoms with E-state index in [9.17, 15) is 14.4 Å². The van der Waals surface area contributed by atoms with Crippen LogP contribution in [0.3, 0.4) is 0 Å². The maximum Gasteiger partial charge on any atom is 0.364 e. The predicted molar refractivity (Wildman–Crippen MR) is 55.3 cm³/mol. The van der Waals surface area contributed by atoms with Gasteiger partial charge < -0.3 is 0 Å². The number of hydrogen-bond acceptors (Lipinski definition) is 5. The van der Waals surface area contributed by atoms with E-state index >= 15 is 0 Å². The Bertz CT molecular complexity index is 751. The zero-order valence-corrected chi connectivity index (χ0v) is 8.96. The van der Waals surface area contributed by atoms with Crippen LogP contribution in [-0.2, 0) is 21.1 Å². The van der Waals surface area contributed by atoms with Gasteiger partial charge in [0.1, 0.15) is 0 Å². The van der Waals surface area contributed by atoms with E-state index in [1.807, 2.05) is 0 Å². The minimum atomic E-state index is -0.636. The fraction of sp³-hybridized carbons (Fsp3) is 0.375. The molecule has 8 nitrogen and oxygen atoms in total. The minimum absolute atomic E-state index is 0.0928. The second-order valence-electron chi connectivity index (χ2n) is 3.40. The number of hydrogen-bond donors (Lipinski definition) is 0. The van der Waals surface area contributed by atoms with Crippen LogP contribution < -0.4 is 16.9 Å². The number of nitrogens with zero attached hydrogens (tertiary/aromatic N) is 5. The van der Waals surface area contributed by atoms with E-state index in [-0.39, 0.29) is 11.2 Å². The smallest absolute Gasteiger partial charge is 0.278 e. The van der Waals surface area contributed by atoms with Crippen molar-refractivity contribution in [3.8, 4) is 0 Å². The number of aryl methyl sites for hydroxylation is 2. The third-order valence-corrected chi connectivity index (χ3v) is 2.34. The molecule has 0 amide bonds. The fourth-order valence-electron chi connectivity index (χ4n) is 1.38. The van der Waals surface area contributed by atoms with Gasteiger partial charge in [-0.1, -0.05) is 0 Å². The van der Waals surface area contributed by atoms with Crippen molar-refractivity contribution < 1.29 is 0 Å². The molecule has 84 valence electrons. The summed E-state index contributed by atoms with van der Waals surface area (Å²) in [4.78, 5) is 38.1. The Labute approximate surface area is 88.4 Å². The molecule has 8 heteroatoms. The zero-order valence-electron chi connectivity index (χ0n) is 8.96. The lowest BCUT2D eigenvalue weighted by atomic mass is 10.5. The third-order valence-electron chi connectivity index (χ3n) is 2.34. The minimum Gasteiger partial charge on any atom is -0.278 e. The topological polar surface area (TPSA) is 91.8 Å². The number of fused-ring (bicyclic) bond motifs is 1. The van der Waals surface area contributed by atoms with Crippen LogP contribution >= 0.6 is 0 Å². The zero-order chi connectivity index (χ0) is 12.0. The van der Waals surface area contributed by atoms with Gasteiger partial charge in [0.2, 0.25) is 0 Å². The molecule has 0 aliphatic heterocycles. The standard InChI is InChI=1S/C8H9N5O3/c1-11-5-4(6(14)12(2)8(11)16)9-7(15)13(3)10-5/h1-3H3. The highest BCUT2D eigenvalue weighted by Crippen LogP contribution is 1.94. The third kappa shape index (κ3) is 1.19. The van der Waals surface area contributed by atoms with E-state index in [4.69, 9.17) is 0 Å². The van der Waals surface area contributed by atoms with E-state index < -0.39 is 16.9 Å². The van der Waals surface area contributed by atoms with Gasteiger partial charge in [-0.2, -0.15) is 4.98 Å². The molecule has 0 aliphatic carbocycles. The van der Waals surface area contributed by atoms with Crippen LogP contribution in [0, 0.1) is 0 Å². The molecule has 0 saturated heterocycles. The van der Waals surface area contributed by atoms with Crippen molar-refractivity contribution >= 4 is 11.2 Å². The van der Waals surface area contributed by atoms with Gasteiger partial charge in [-0.25, -0.2) is 14.3 Å². The molecule has 0 atom stereocenters. The normalized spacial score (nSPS) is 10.9. The first-order chi connectivity index (χ1) is 7.43. The molecule has 0 aromatic carbocycles. The lowest BCUT2D eigenvalue weighted by Gasteiger charge is -2.05. The molecule has 0 fully saturated rings. The molecule has 0 saturated carbocycles. The van der Waals surface area contributed by atoms with E-state index in [1.165, 1.54) is 25.7 Å². The summed E-state index contributed by atoms with van der Waals surface area (Å²) in [6.07, 6.45) is 0. The van der Waals surface area contributed by atoms with Crippen LogP contribution in [0.15, 0.2) is 14.4 Å². The van der Waals surface area contributed by atoms with E-state index in [2.05, 4.69) is 10.1 Å². The van der Waals surface area contributed by atoms with Gasteiger partial charge in [0.05, 0.1) is 0 Å². The molecule has 2 heterocycles. The monoisotopic (exact) mass is 223 g/mol. The summed E-state index contributed by atoms with van der Waals surface area (Å²) in [5, 5.41) is 3.83. The Hall–Kier alpha value is -2.25. The molecule has 0 radical (unpaired) electrons. The molecule has 0 spiro atoms. The largest absolute Gasteiger partial charge is 0.364 e. The lowest BCUT2D eigenvalue weighted by Crippen LogP contribution is -2.40. The summed E-state index contributed by atoms with van der Waals surface area (Å²) < 4.78 is 3.03. The molecule has 0 unspecified atom stereocenters. The molecule has 0 bridgehead atoms. The summed E-state index contributed by atoms with van der Waals surface area (Å²) in [6, 6.07) is 0. The van der Waals surface area contributed by atoms with Crippen molar-refractivity contribution in [2.24, 2.45) is 21.1 Å². The van der Waals surface area contributed by atoms with Gasteiger partial charge in [-0.05, 0) is 0 Å². The first-order valence-corrected chi connectivity index (χ1v) is 4.44. The first-order valence-electron chi connectivity index (χ1n) is 4.44. The summed E-state index contributed by atoms with van der Waals surface area (Å²) in [6.45, 7) is 0. The molecular formula is C8H9N5O3. The van der Waals surface area contributed by atoms with E-state index in [1.54, 1.807) is 0 Å². The summed E-state index contributed by atoms with van der Waals surface area (Å²) >= 11 is 0. The van der Waals surface area contributed by atoms with Gasteiger partial charge in [-0.15, -0.1) is 5.10 Å². The molecule has 0 N–H and O–H groups in total. The molecule has 2 rings (SSSR count). The van der Waals surface area contributed by atoms with Crippen LogP contribution in [0.2, 0.25) is 0 Å². The highest BCUT2D eigenvalue weighted by Gasteiger charge is 2.12. The summed E-state index contributed by atoms with van der Waals surface area (Å²) in [5.41, 5.74) is -1.78. The Morgan fingerprint density at radius 1 is 1.00 bits per heavy atom. The average molecular weight is 223 g/mol. The van der Waals surface area contributed by atoms with Gasteiger partial charge >= 0.3 is 11.4 Å². The average Bonchev–Trinajstić information content (AvgIpc) is 2.26. The van der Waals surface area contributed by atoms with E-state index in [0.29, 0.717) is 0 Å². The molecule has 0 aliphatic rings. The molecule has 16 heavy (non-hydrogen) atoms.